The lowest BCUT2D eigenvalue weighted by Crippen LogP contribution is -2.22. The molecule has 0 unspecified atom stereocenters. The van der Waals surface area contributed by atoms with Gasteiger partial charge >= 0.3 is 0 Å². The molecular formula is C21H25N3O3. The van der Waals surface area contributed by atoms with Crippen molar-refractivity contribution in [2.75, 3.05) is 12.4 Å². The molecule has 0 aliphatic rings. The highest BCUT2D eigenvalue weighted by Gasteiger charge is 2.08. The Morgan fingerprint density at radius 3 is 2.26 bits per heavy atom. The first-order valence-electron chi connectivity index (χ1n) is 8.92. The van der Waals surface area contributed by atoms with Crippen molar-refractivity contribution in [3.8, 4) is 5.75 Å². The molecule has 0 aliphatic carbocycles. The van der Waals surface area contributed by atoms with E-state index in [4.69, 9.17) is 4.74 Å². The third kappa shape index (κ3) is 7.32. The summed E-state index contributed by atoms with van der Waals surface area (Å²) in [4.78, 5) is 23.9. The summed E-state index contributed by atoms with van der Waals surface area (Å²) in [7, 11) is 1.58. The fourth-order valence-electron chi connectivity index (χ4n) is 2.40. The normalized spacial score (nSPS) is 11.0. The number of ether oxygens (including phenoxy) is 1. The van der Waals surface area contributed by atoms with Crippen LogP contribution in [0.2, 0.25) is 0 Å². The predicted molar refractivity (Wildman–Crippen MR) is 107 cm³/mol. The molecule has 6 nitrogen and oxygen atoms in total. The fourth-order valence-corrected chi connectivity index (χ4v) is 2.40. The summed E-state index contributed by atoms with van der Waals surface area (Å²) in [6, 6.07) is 17.0. The van der Waals surface area contributed by atoms with Crippen LogP contribution in [0.4, 0.5) is 5.69 Å². The Kier molecular flexibility index (Phi) is 8.03. The maximum atomic E-state index is 11.9. The maximum Gasteiger partial charge on any atom is 0.240 e. The summed E-state index contributed by atoms with van der Waals surface area (Å²) >= 11 is 0. The second kappa shape index (κ2) is 10.8. The Balaban J connectivity index is 1.76. The lowest BCUT2D eigenvalue weighted by Gasteiger charge is -2.07. The molecular weight excluding hydrogens is 342 g/mol. The molecule has 0 spiro atoms. The third-order valence-electron chi connectivity index (χ3n) is 3.95. The summed E-state index contributed by atoms with van der Waals surface area (Å²) in [5, 5.41) is 6.94. The molecule has 0 saturated carbocycles. The van der Waals surface area contributed by atoms with Gasteiger partial charge in [0.25, 0.3) is 0 Å². The van der Waals surface area contributed by atoms with Crippen LogP contribution < -0.4 is 15.5 Å². The smallest absolute Gasteiger partial charge is 0.240 e. The Morgan fingerprint density at radius 1 is 0.963 bits per heavy atom. The summed E-state index contributed by atoms with van der Waals surface area (Å²) in [5.74, 6) is 0.214. The van der Waals surface area contributed by atoms with Crippen molar-refractivity contribution < 1.29 is 14.3 Å². The third-order valence-corrected chi connectivity index (χ3v) is 3.95. The minimum atomic E-state index is -0.279. The maximum absolute atomic E-state index is 11.9. The highest BCUT2D eigenvalue weighted by atomic mass is 16.5. The Morgan fingerprint density at radius 2 is 1.63 bits per heavy atom. The molecule has 2 aromatic carbocycles. The van der Waals surface area contributed by atoms with E-state index in [-0.39, 0.29) is 24.7 Å². The lowest BCUT2D eigenvalue weighted by molar-refractivity contribution is -0.124. The van der Waals surface area contributed by atoms with Crippen molar-refractivity contribution in [2.24, 2.45) is 5.10 Å². The van der Waals surface area contributed by atoms with Crippen LogP contribution in [0.1, 0.15) is 31.7 Å². The molecule has 2 amide bonds. The first kappa shape index (κ1) is 20.2. The van der Waals surface area contributed by atoms with Gasteiger partial charge in [0.15, 0.2) is 0 Å². The van der Waals surface area contributed by atoms with Crippen molar-refractivity contribution in [2.45, 2.75) is 32.6 Å². The van der Waals surface area contributed by atoms with Crippen molar-refractivity contribution in [3.63, 3.8) is 0 Å². The summed E-state index contributed by atoms with van der Waals surface area (Å²) in [5.41, 5.74) is 5.23. The highest BCUT2D eigenvalue weighted by Crippen LogP contribution is 2.15. The van der Waals surface area contributed by atoms with Crippen LogP contribution in [0, 0.1) is 0 Å². The van der Waals surface area contributed by atoms with E-state index in [0.717, 1.165) is 17.7 Å². The molecule has 0 aliphatic heterocycles. The molecule has 142 valence electrons. The zero-order valence-corrected chi connectivity index (χ0v) is 15.7. The first-order valence-corrected chi connectivity index (χ1v) is 8.92. The van der Waals surface area contributed by atoms with Gasteiger partial charge in [-0.2, -0.15) is 5.10 Å². The molecule has 6 heteroatoms. The van der Waals surface area contributed by atoms with Crippen molar-refractivity contribution in [1.29, 1.82) is 0 Å². The number of hydrazone groups is 1. The zero-order chi connectivity index (χ0) is 19.5. The van der Waals surface area contributed by atoms with Crippen molar-refractivity contribution in [1.82, 2.24) is 5.43 Å². The first-order chi connectivity index (χ1) is 13.1. The number of nitrogens with one attached hydrogen (secondary N) is 2. The van der Waals surface area contributed by atoms with Gasteiger partial charge in [0.05, 0.1) is 7.11 Å². The molecule has 0 heterocycles. The molecule has 0 aromatic heterocycles. The minimum Gasteiger partial charge on any atom is -0.497 e. The molecule has 0 bridgehead atoms. The number of methoxy groups -OCH3 is 1. The van der Waals surface area contributed by atoms with E-state index in [1.165, 1.54) is 0 Å². The summed E-state index contributed by atoms with van der Waals surface area (Å²) < 4.78 is 5.07. The van der Waals surface area contributed by atoms with Crippen molar-refractivity contribution in [3.05, 3.63) is 60.2 Å². The van der Waals surface area contributed by atoms with E-state index in [9.17, 15) is 9.59 Å². The van der Waals surface area contributed by atoms with Crippen LogP contribution in [0.5, 0.6) is 5.75 Å². The van der Waals surface area contributed by atoms with Gasteiger partial charge in [-0.1, -0.05) is 37.3 Å². The Hall–Kier alpha value is -3.15. The van der Waals surface area contributed by atoms with E-state index >= 15 is 0 Å². The molecule has 0 fully saturated rings. The molecule has 0 radical (unpaired) electrons. The van der Waals surface area contributed by atoms with Gasteiger partial charge in [0.2, 0.25) is 11.8 Å². The lowest BCUT2D eigenvalue weighted by atomic mass is 10.1. The van der Waals surface area contributed by atoms with Gasteiger partial charge in [0.1, 0.15) is 5.75 Å². The average molecular weight is 367 g/mol. The van der Waals surface area contributed by atoms with E-state index < -0.39 is 0 Å². The minimum absolute atomic E-state index is 0.0772. The Bertz CT molecular complexity index is 771. The number of hydrogen-bond donors (Lipinski definition) is 2. The molecule has 0 saturated heterocycles. The largest absolute Gasteiger partial charge is 0.497 e. The SMILES string of the molecule is CCC(Cc1ccccc1)=NNC(=O)CCC(=O)Nc1ccc(OC)cc1. The number of carbonyl (C=O) groups excluding carboxylic acids is 2. The van der Waals surface area contributed by atoms with Gasteiger partial charge in [-0.15, -0.1) is 0 Å². The number of carbonyl (C=O) groups is 2. The van der Waals surface area contributed by atoms with Crippen molar-refractivity contribution >= 4 is 23.2 Å². The predicted octanol–water partition coefficient (Wildman–Crippen LogP) is 3.54. The van der Waals surface area contributed by atoms with E-state index in [2.05, 4.69) is 15.8 Å². The number of rotatable bonds is 9. The van der Waals surface area contributed by atoms with Crippen LogP contribution in [0.3, 0.4) is 0 Å². The zero-order valence-electron chi connectivity index (χ0n) is 15.7. The van der Waals surface area contributed by atoms with Gasteiger partial charge in [-0.05, 0) is 36.2 Å². The van der Waals surface area contributed by atoms with E-state index in [1.54, 1.807) is 31.4 Å². The second-order valence-electron chi connectivity index (χ2n) is 6.01. The average Bonchev–Trinajstić information content (AvgIpc) is 2.71. The molecule has 2 N–H and O–H groups in total. The Labute approximate surface area is 159 Å². The number of hydrogen-bond acceptors (Lipinski definition) is 4. The molecule has 0 atom stereocenters. The van der Waals surface area contributed by atoms with E-state index in [1.807, 2.05) is 37.3 Å². The number of benzene rings is 2. The molecule has 2 aromatic rings. The van der Waals surface area contributed by atoms with Gasteiger partial charge in [-0.3, -0.25) is 9.59 Å². The summed E-state index contributed by atoms with van der Waals surface area (Å²) in [6.07, 6.45) is 1.60. The van der Waals surface area contributed by atoms with Crippen LogP contribution >= 0.6 is 0 Å². The second-order valence-corrected chi connectivity index (χ2v) is 6.01. The fraction of sp³-hybridized carbons (Fsp3) is 0.286. The highest BCUT2D eigenvalue weighted by molar-refractivity contribution is 5.93. The van der Waals surface area contributed by atoms with Crippen LogP contribution in [-0.4, -0.2) is 24.6 Å². The van der Waals surface area contributed by atoms with Gasteiger partial charge in [0, 0.05) is 30.7 Å². The van der Waals surface area contributed by atoms with Gasteiger partial charge in [-0.25, -0.2) is 5.43 Å². The quantitative estimate of drug-likeness (QED) is 0.525. The summed E-state index contributed by atoms with van der Waals surface area (Å²) in [6.45, 7) is 2.00. The van der Waals surface area contributed by atoms with Crippen LogP contribution in [0.25, 0.3) is 0 Å². The number of anilines is 1. The molecule has 2 rings (SSSR count). The number of nitrogens with zero attached hydrogens (tertiary/aromatic N) is 1. The van der Waals surface area contributed by atoms with Crippen LogP contribution in [-0.2, 0) is 16.0 Å². The van der Waals surface area contributed by atoms with Gasteiger partial charge < -0.3 is 10.1 Å². The van der Waals surface area contributed by atoms with E-state index in [0.29, 0.717) is 17.9 Å². The van der Waals surface area contributed by atoms with Crippen LogP contribution in [0.15, 0.2) is 59.7 Å². The standard InChI is InChI=1S/C21H25N3O3/c1-3-17(15-16-7-5-4-6-8-16)23-24-21(26)14-13-20(25)22-18-9-11-19(27-2)12-10-18/h4-12H,3,13-15H2,1-2H3,(H,22,25)(H,24,26). The topological polar surface area (TPSA) is 79.8 Å². The molecule has 27 heavy (non-hydrogen) atoms. The number of amides is 2. The monoisotopic (exact) mass is 367 g/mol.